The molecule has 21 heavy (non-hydrogen) atoms. The molecule has 2 fully saturated rings. The van der Waals surface area contributed by atoms with Crippen molar-refractivity contribution < 1.29 is 5.11 Å². The van der Waals surface area contributed by atoms with Crippen molar-refractivity contribution in [3.05, 3.63) is 29.3 Å². The van der Waals surface area contributed by atoms with Crippen LogP contribution in [0, 0.1) is 16.7 Å². The van der Waals surface area contributed by atoms with Crippen LogP contribution in [0.2, 0.25) is 0 Å². The van der Waals surface area contributed by atoms with Gasteiger partial charge in [0.1, 0.15) is 0 Å². The van der Waals surface area contributed by atoms with E-state index < -0.39 is 6.10 Å². The minimum absolute atomic E-state index is 0.491. The van der Waals surface area contributed by atoms with Crippen molar-refractivity contribution in [3.8, 4) is 6.07 Å². The molecule has 3 nitrogen and oxygen atoms in total. The summed E-state index contributed by atoms with van der Waals surface area (Å²) in [6.07, 6.45) is 7.58. The molecule has 1 saturated heterocycles. The standard InChI is InChI=1S/C18H24N2O/c1-14(21)16-5-4-15(13-19)12-17(16)20-10-8-18(9-11-20)6-2-3-7-18/h4-5,12,14,21H,2-3,6-11H2,1H3. The number of rotatable bonds is 2. The number of aliphatic hydroxyl groups is 1. The summed E-state index contributed by atoms with van der Waals surface area (Å²) in [6.45, 7) is 3.90. The first-order valence-corrected chi connectivity index (χ1v) is 8.11. The van der Waals surface area contributed by atoms with E-state index in [1.165, 1.54) is 38.5 Å². The second kappa shape index (κ2) is 5.69. The van der Waals surface area contributed by atoms with Gasteiger partial charge in [-0.2, -0.15) is 5.26 Å². The van der Waals surface area contributed by atoms with E-state index >= 15 is 0 Å². The van der Waals surface area contributed by atoms with E-state index in [4.69, 9.17) is 5.26 Å². The summed E-state index contributed by atoms with van der Waals surface area (Å²) in [6, 6.07) is 7.85. The van der Waals surface area contributed by atoms with E-state index in [0.29, 0.717) is 11.0 Å². The van der Waals surface area contributed by atoms with Gasteiger partial charge in [0.2, 0.25) is 0 Å². The summed E-state index contributed by atoms with van der Waals surface area (Å²) in [4.78, 5) is 2.37. The van der Waals surface area contributed by atoms with Crippen molar-refractivity contribution in [1.82, 2.24) is 0 Å². The average molecular weight is 284 g/mol. The summed E-state index contributed by atoms with van der Waals surface area (Å²) in [5.74, 6) is 0. The van der Waals surface area contributed by atoms with Gasteiger partial charge in [0, 0.05) is 24.3 Å². The number of aliphatic hydroxyl groups excluding tert-OH is 1. The molecule has 1 atom stereocenters. The van der Waals surface area contributed by atoms with Crippen molar-refractivity contribution in [1.29, 1.82) is 5.26 Å². The number of hydrogen-bond acceptors (Lipinski definition) is 3. The molecule has 1 saturated carbocycles. The largest absolute Gasteiger partial charge is 0.389 e. The maximum atomic E-state index is 9.99. The third-order valence-electron chi connectivity index (χ3n) is 5.44. The van der Waals surface area contributed by atoms with Gasteiger partial charge < -0.3 is 10.0 Å². The highest BCUT2D eigenvalue weighted by molar-refractivity contribution is 5.58. The first-order chi connectivity index (χ1) is 10.1. The summed E-state index contributed by atoms with van der Waals surface area (Å²) >= 11 is 0. The van der Waals surface area contributed by atoms with Crippen LogP contribution in [0.25, 0.3) is 0 Å². The van der Waals surface area contributed by atoms with Crippen molar-refractivity contribution in [3.63, 3.8) is 0 Å². The number of hydrogen-bond donors (Lipinski definition) is 1. The van der Waals surface area contributed by atoms with Crippen LogP contribution in [0.5, 0.6) is 0 Å². The molecule has 0 amide bonds. The van der Waals surface area contributed by atoms with Crippen molar-refractivity contribution in [2.24, 2.45) is 5.41 Å². The molecule has 1 aliphatic carbocycles. The van der Waals surface area contributed by atoms with Crippen LogP contribution < -0.4 is 4.90 Å². The van der Waals surface area contributed by atoms with Crippen molar-refractivity contribution in [2.45, 2.75) is 51.6 Å². The number of piperidine rings is 1. The number of anilines is 1. The Hall–Kier alpha value is -1.53. The normalized spacial score (nSPS) is 22.2. The van der Waals surface area contributed by atoms with Gasteiger partial charge in [-0.05, 0) is 50.2 Å². The molecule has 1 spiro atoms. The maximum absolute atomic E-state index is 9.99. The Morgan fingerprint density at radius 1 is 1.19 bits per heavy atom. The lowest BCUT2D eigenvalue weighted by molar-refractivity contribution is 0.198. The summed E-state index contributed by atoms with van der Waals surface area (Å²) in [7, 11) is 0. The van der Waals surface area contributed by atoms with Gasteiger partial charge in [-0.25, -0.2) is 0 Å². The third kappa shape index (κ3) is 2.78. The Labute approximate surface area is 127 Å². The van der Waals surface area contributed by atoms with Gasteiger partial charge in [0.05, 0.1) is 17.7 Å². The minimum atomic E-state index is -0.491. The van der Waals surface area contributed by atoms with Crippen LogP contribution in [0.1, 0.15) is 62.7 Å². The molecular formula is C18H24N2O. The van der Waals surface area contributed by atoms with Gasteiger partial charge in [-0.3, -0.25) is 0 Å². The van der Waals surface area contributed by atoms with Gasteiger partial charge in [0.15, 0.2) is 0 Å². The van der Waals surface area contributed by atoms with Crippen LogP contribution in [0.15, 0.2) is 18.2 Å². The first kappa shape index (κ1) is 14.4. The van der Waals surface area contributed by atoms with Gasteiger partial charge in [-0.1, -0.05) is 18.9 Å². The summed E-state index contributed by atoms with van der Waals surface area (Å²) < 4.78 is 0. The SMILES string of the molecule is CC(O)c1ccc(C#N)cc1N1CCC2(CCCC2)CC1. The molecule has 112 valence electrons. The lowest BCUT2D eigenvalue weighted by Gasteiger charge is -2.41. The third-order valence-corrected chi connectivity index (χ3v) is 5.44. The lowest BCUT2D eigenvalue weighted by Crippen LogP contribution is -2.39. The molecule has 1 heterocycles. The Kier molecular flexibility index (Phi) is 3.91. The molecule has 1 aromatic rings. The molecule has 1 unspecified atom stereocenters. The van der Waals surface area contributed by atoms with Gasteiger partial charge in [-0.15, -0.1) is 0 Å². The molecular weight excluding hydrogens is 260 g/mol. The van der Waals surface area contributed by atoms with Crippen molar-refractivity contribution >= 4 is 5.69 Å². The number of nitriles is 1. The van der Waals surface area contributed by atoms with Crippen LogP contribution in [-0.4, -0.2) is 18.2 Å². The zero-order valence-electron chi connectivity index (χ0n) is 12.8. The highest BCUT2D eigenvalue weighted by atomic mass is 16.3. The zero-order valence-corrected chi connectivity index (χ0v) is 12.8. The predicted octanol–water partition coefficient (Wildman–Crippen LogP) is 3.77. The van der Waals surface area contributed by atoms with Gasteiger partial charge in [0.25, 0.3) is 0 Å². The lowest BCUT2D eigenvalue weighted by atomic mass is 9.77. The van der Waals surface area contributed by atoms with E-state index in [1.54, 1.807) is 13.0 Å². The fraction of sp³-hybridized carbons (Fsp3) is 0.611. The van der Waals surface area contributed by atoms with Crippen LogP contribution in [0.3, 0.4) is 0 Å². The molecule has 0 bridgehead atoms. The molecule has 3 heteroatoms. The van der Waals surface area contributed by atoms with E-state index in [-0.39, 0.29) is 0 Å². The predicted molar refractivity (Wildman–Crippen MR) is 84.1 cm³/mol. The summed E-state index contributed by atoms with van der Waals surface area (Å²) in [5.41, 5.74) is 3.26. The second-order valence-electron chi connectivity index (χ2n) is 6.76. The fourth-order valence-corrected chi connectivity index (χ4v) is 4.09. The van der Waals surface area contributed by atoms with Crippen LogP contribution in [0.4, 0.5) is 5.69 Å². The Morgan fingerprint density at radius 2 is 1.86 bits per heavy atom. The Morgan fingerprint density at radius 3 is 2.43 bits per heavy atom. The second-order valence-corrected chi connectivity index (χ2v) is 6.76. The fourth-order valence-electron chi connectivity index (χ4n) is 4.09. The smallest absolute Gasteiger partial charge is 0.0992 e. The van der Waals surface area contributed by atoms with Crippen molar-refractivity contribution in [2.75, 3.05) is 18.0 Å². The summed E-state index contributed by atoms with van der Waals surface area (Å²) in [5, 5.41) is 19.1. The van der Waals surface area contributed by atoms with E-state index in [9.17, 15) is 5.11 Å². The van der Waals surface area contributed by atoms with Crippen LogP contribution in [-0.2, 0) is 0 Å². The van der Waals surface area contributed by atoms with E-state index in [0.717, 1.165) is 24.3 Å². The highest BCUT2D eigenvalue weighted by Gasteiger charge is 2.37. The zero-order chi connectivity index (χ0) is 14.9. The molecule has 0 radical (unpaired) electrons. The quantitative estimate of drug-likeness (QED) is 0.899. The molecule has 3 rings (SSSR count). The Balaban J connectivity index is 1.82. The Bertz CT molecular complexity index is 543. The first-order valence-electron chi connectivity index (χ1n) is 8.11. The monoisotopic (exact) mass is 284 g/mol. The molecule has 1 aliphatic heterocycles. The van der Waals surface area contributed by atoms with E-state index in [1.807, 2.05) is 12.1 Å². The highest BCUT2D eigenvalue weighted by Crippen LogP contribution is 2.47. The topological polar surface area (TPSA) is 47.3 Å². The van der Waals surface area contributed by atoms with Crippen LogP contribution >= 0.6 is 0 Å². The number of benzene rings is 1. The number of nitrogens with zero attached hydrogens (tertiary/aromatic N) is 2. The maximum Gasteiger partial charge on any atom is 0.0992 e. The molecule has 1 N–H and O–H groups in total. The molecule has 2 aliphatic rings. The average Bonchev–Trinajstić information content (AvgIpc) is 2.95. The minimum Gasteiger partial charge on any atom is -0.389 e. The molecule has 1 aromatic carbocycles. The van der Waals surface area contributed by atoms with E-state index in [2.05, 4.69) is 11.0 Å². The van der Waals surface area contributed by atoms with Gasteiger partial charge >= 0.3 is 0 Å². The molecule has 0 aromatic heterocycles.